The Morgan fingerprint density at radius 1 is 0.767 bits per heavy atom. The first-order chi connectivity index (χ1) is 14.8. The van der Waals surface area contributed by atoms with Crippen molar-refractivity contribution in [2.45, 2.75) is 6.92 Å². The predicted octanol–water partition coefficient (Wildman–Crippen LogP) is 6.57. The first kappa shape index (κ1) is 16.9. The number of nitrogens with zero attached hydrogens (tertiary/aromatic N) is 3. The molecule has 0 aliphatic rings. The summed E-state index contributed by atoms with van der Waals surface area (Å²) in [4.78, 5) is 13.5. The normalized spacial score (nSPS) is 11.5. The van der Waals surface area contributed by atoms with Gasteiger partial charge in [-0.25, -0.2) is 4.98 Å². The number of aromatic nitrogens is 3. The lowest BCUT2D eigenvalue weighted by Gasteiger charge is -2.08. The third kappa shape index (κ3) is 2.58. The molecule has 4 heteroatoms. The minimum absolute atomic E-state index is 0.662. The van der Waals surface area contributed by atoms with Crippen LogP contribution in [0.5, 0.6) is 0 Å². The van der Waals surface area contributed by atoms with Gasteiger partial charge in [0.2, 0.25) is 5.71 Å². The van der Waals surface area contributed by atoms with Gasteiger partial charge >= 0.3 is 0 Å². The molecule has 6 rings (SSSR count). The van der Waals surface area contributed by atoms with Gasteiger partial charge < -0.3 is 4.42 Å². The second-order valence-electron chi connectivity index (χ2n) is 7.42. The van der Waals surface area contributed by atoms with Gasteiger partial charge in [0.1, 0.15) is 5.58 Å². The van der Waals surface area contributed by atoms with Crippen LogP contribution in [0.25, 0.3) is 55.2 Å². The van der Waals surface area contributed by atoms with E-state index in [1.54, 1.807) is 0 Å². The lowest BCUT2D eigenvalue weighted by Crippen LogP contribution is -1.87. The minimum Gasteiger partial charge on any atom is -0.437 e. The molecule has 0 atom stereocenters. The van der Waals surface area contributed by atoms with Crippen LogP contribution in [0.4, 0.5) is 0 Å². The highest BCUT2D eigenvalue weighted by atomic mass is 16.3. The van der Waals surface area contributed by atoms with E-state index in [1.807, 2.05) is 43.7 Å². The number of aryl methyl sites for hydroxylation is 1. The Bertz CT molecular complexity index is 1560. The molecule has 4 nitrogen and oxygen atoms in total. The zero-order valence-electron chi connectivity index (χ0n) is 16.3. The van der Waals surface area contributed by atoms with E-state index in [-0.39, 0.29) is 0 Å². The van der Waals surface area contributed by atoms with Crippen molar-refractivity contribution in [2.75, 3.05) is 0 Å². The Kier molecular flexibility index (Phi) is 3.65. The summed E-state index contributed by atoms with van der Waals surface area (Å²) in [5.41, 5.74) is 6.53. The van der Waals surface area contributed by atoms with E-state index >= 15 is 0 Å². The number of benzene rings is 2. The number of para-hydroxylation sites is 1. The lowest BCUT2D eigenvalue weighted by molar-refractivity contribution is 0.653. The van der Waals surface area contributed by atoms with E-state index in [1.165, 1.54) is 5.39 Å². The van der Waals surface area contributed by atoms with Gasteiger partial charge in [-0.3, -0.25) is 9.97 Å². The van der Waals surface area contributed by atoms with Gasteiger partial charge in [-0.2, -0.15) is 0 Å². The zero-order valence-corrected chi connectivity index (χ0v) is 16.3. The summed E-state index contributed by atoms with van der Waals surface area (Å²) in [6.07, 6.45) is 5.58. The molecule has 0 bridgehead atoms. The third-order valence-electron chi connectivity index (χ3n) is 5.53. The predicted molar refractivity (Wildman–Crippen MR) is 120 cm³/mol. The molecule has 0 N–H and O–H groups in total. The molecular weight excluding hydrogens is 370 g/mol. The SMILES string of the molecule is Cc1ccc2c(n1)oc1c(-c3cc(-c4cccc5cnccc45)ccn3)cccc12. The standard InChI is InChI=1S/C26H17N3O/c1-16-8-9-22-21-6-3-7-23(25(21)30-26(22)29-16)24-14-17(10-13-28-24)19-5-2-4-18-15-27-12-11-20(18)19/h2-15H,1H3. The number of furan rings is 1. The number of pyridine rings is 3. The number of rotatable bonds is 2. The maximum atomic E-state index is 6.18. The molecule has 0 saturated heterocycles. The van der Waals surface area contributed by atoms with E-state index in [9.17, 15) is 0 Å². The van der Waals surface area contributed by atoms with Crippen LogP contribution in [-0.4, -0.2) is 15.0 Å². The summed E-state index contributed by atoms with van der Waals surface area (Å²) in [6, 6.07) is 22.8. The van der Waals surface area contributed by atoms with E-state index in [0.29, 0.717) is 5.71 Å². The monoisotopic (exact) mass is 387 g/mol. The van der Waals surface area contributed by atoms with E-state index < -0.39 is 0 Å². The highest BCUT2D eigenvalue weighted by Crippen LogP contribution is 2.36. The fourth-order valence-corrected chi connectivity index (χ4v) is 4.09. The Morgan fingerprint density at radius 3 is 2.63 bits per heavy atom. The zero-order chi connectivity index (χ0) is 20.1. The van der Waals surface area contributed by atoms with Crippen LogP contribution in [-0.2, 0) is 0 Å². The maximum Gasteiger partial charge on any atom is 0.227 e. The van der Waals surface area contributed by atoms with Gasteiger partial charge in [-0.15, -0.1) is 0 Å². The smallest absolute Gasteiger partial charge is 0.227 e. The molecule has 0 unspecified atom stereocenters. The van der Waals surface area contributed by atoms with Crippen LogP contribution in [0.3, 0.4) is 0 Å². The van der Waals surface area contributed by atoms with Crippen molar-refractivity contribution in [1.29, 1.82) is 0 Å². The number of hydrogen-bond donors (Lipinski definition) is 0. The topological polar surface area (TPSA) is 51.8 Å². The quantitative estimate of drug-likeness (QED) is 0.337. The fraction of sp³-hybridized carbons (Fsp3) is 0.0385. The molecule has 0 aliphatic heterocycles. The number of fused-ring (bicyclic) bond motifs is 4. The van der Waals surface area contributed by atoms with Crippen molar-refractivity contribution in [3.8, 4) is 22.4 Å². The van der Waals surface area contributed by atoms with Crippen LogP contribution in [0, 0.1) is 6.92 Å². The molecule has 30 heavy (non-hydrogen) atoms. The van der Waals surface area contributed by atoms with E-state index in [0.717, 1.165) is 49.8 Å². The molecule has 0 spiro atoms. The van der Waals surface area contributed by atoms with E-state index in [2.05, 4.69) is 63.5 Å². The van der Waals surface area contributed by atoms with Gasteiger partial charge in [0.25, 0.3) is 0 Å². The largest absolute Gasteiger partial charge is 0.437 e. The molecule has 4 aromatic heterocycles. The molecule has 6 aromatic rings. The Balaban J connectivity index is 1.57. The first-order valence-corrected chi connectivity index (χ1v) is 9.86. The van der Waals surface area contributed by atoms with Crippen molar-refractivity contribution >= 4 is 32.8 Å². The Morgan fingerprint density at radius 2 is 1.67 bits per heavy atom. The fourth-order valence-electron chi connectivity index (χ4n) is 4.09. The minimum atomic E-state index is 0.662. The molecule has 0 amide bonds. The van der Waals surface area contributed by atoms with Crippen molar-refractivity contribution in [2.24, 2.45) is 0 Å². The molecule has 142 valence electrons. The van der Waals surface area contributed by atoms with Gasteiger partial charge in [-0.05, 0) is 59.8 Å². The molecule has 2 aromatic carbocycles. The first-order valence-electron chi connectivity index (χ1n) is 9.86. The summed E-state index contributed by atoms with van der Waals surface area (Å²) in [5, 5.41) is 4.37. The average Bonchev–Trinajstić information content (AvgIpc) is 3.16. The van der Waals surface area contributed by atoms with Crippen molar-refractivity contribution < 1.29 is 4.42 Å². The molecule has 0 radical (unpaired) electrons. The second-order valence-corrected chi connectivity index (χ2v) is 7.42. The highest BCUT2D eigenvalue weighted by Gasteiger charge is 2.14. The molecule has 0 saturated carbocycles. The van der Waals surface area contributed by atoms with Gasteiger partial charge in [-0.1, -0.05) is 30.3 Å². The summed E-state index contributed by atoms with van der Waals surface area (Å²) in [5.74, 6) is 0. The Hall–Kier alpha value is -4.05. The van der Waals surface area contributed by atoms with Crippen LogP contribution < -0.4 is 0 Å². The summed E-state index contributed by atoms with van der Waals surface area (Å²) in [6.45, 7) is 1.97. The number of hydrogen-bond acceptors (Lipinski definition) is 4. The Labute approximate surface area is 172 Å². The molecule has 0 aliphatic carbocycles. The third-order valence-corrected chi connectivity index (χ3v) is 5.53. The van der Waals surface area contributed by atoms with Crippen LogP contribution in [0.1, 0.15) is 5.69 Å². The summed E-state index contributed by atoms with van der Waals surface area (Å²) >= 11 is 0. The van der Waals surface area contributed by atoms with Gasteiger partial charge in [0.15, 0.2) is 0 Å². The van der Waals surface area contributed by atoms with Crippen LogP contribution in [0.15, 0.2) is 89.7 Å². The maximum absolute atomic E-state index is 6.18. The van der Waals surface area contributed by atoms with Crippen molar-refractivity contribution in [1.82, 2.24) is 15.0 Å². The summed E-state index contributed by atoms with van der Waals surface area (Å²) in [7, 11) is 0. The highest BCUT2D eigenvalue weighted by molar-refractivity contribution is 6.08. The lowest BCUT2D eigenvalue weighted by atomic mass is 9.98. The van der Waals surface area contributed by atoms with E-state index in [4.69, 9.17) is 4.42 Å². The molecule has 0 fully saturated rings. The van der Waals surface area contributed by atoms with Crippen LogP contribution >= 0.6 is 0 Å². The van der Waals surface area contributed by atoms with Crippen LogP contribution in [0.2, 0.25) is 0 Å². The summed E-state index contributed by atoms with van der Waals surface area (Å²) < 4.78 is 6.18. The van der Waals surface area contributed by atoms with Gasteiger partial charge in [0, 0.05) is 46.0 Å². The van der Waals surface area contributed by atoms with Gasteiger partial charge in [0.05, 0.1) is 5.69 Å². The van der Waals surface area contributed by atoms with Crippen molar-refractivity contribution in [3.05, 3.63) is 91.0 Å². The molecule has 4 heterocycles. The molecular formula is C26H17N3O. The second kappa shape index (κ2) is 6.49. The van der Waals surface area contributed by atoms with Crippen molar-refractivity contribution in [3.63, 3.8) is 0 Å². The average molecular weight is 387 g/mol.